The van der Waals surface area contributed by atoms with Crippen molar-refractivity contribution >= 4 is 140 Å². The number of likely N-dealkylation sites (N-methyl/N-ethyl adjacent to an activating group) is 3. The molecule has 24 N–H and O–H groups in total. The number of aliphatic hydroxyl groups excluding tert-OH is 2. The van der Waals surface area contributed by atoms with Gasteiger partial charge in [0.2, 0.25) is 100 Å². The van der Waals surface area contributed by atoms with E-state index in [0.717, 1.165) is 36.3 Å². The number of benzene rings is 3. The van der Waals surface area contributed by atoms with Crippen molar-refractivity contribution in [3.8, 4) is 5.75 Å². The molecule has 0 saturated carbocycles. The van der Waals surface area contributed by atoms with Gasteiger partial charge >= 0.3 is 0 Å². The van der Waals surface area contributed by atoms with E-state index in [1.54, 1.807) is 81.7 Å². The minimum absolute atomic E-state index is 0.0135. The number of hydrogen-bond acceptors (Lipinski definition) is 24. The van der Waals surface area contributed by atoms with E-state index < -0.39 is 248 Å². The minimum atomic E-state index is -1.92. The summed E-state index contributed by atoms with van der Waals surface area (Å²) in [7, 11) is 3.76. The SMILES string of the molecule is CCCC[C@H]1C(=O)N[C@@H](CCCNC(=N)N)C(=O)NC(C(=O)NCC(N)=O)CSCC(=O)N[C@@H](Cc2ccc(O)cc2)C(=O)N(C)[C@@H](C)C(=O)N[C@@H](CC(N)=O)C(=O)N2CCC[C@H]2C(=O)N[C@@H](Cc2cnc[nH]2)C(=O)N[C@@H](CC(C)C)C(=O)N2C[C@H](O)C[C@H]2C(=O)N[C@@H](Cc2c[nH]c3ccccc23)C(=O)N[C@@H](CO)C(=O)N[C@@H](Cc2c[nH]c3ccccc23)C(=O)N(C)[C@@H](COCC)C(=O)N1C. The minimum Gasteiger partial charge on any atom is -0.508 e. The van der Waals surface area contributed by atoms with E-state index in [1.807, 2.05) is 6.92 Å². The number of imidazole rings is 1. The number of amides is 17. The third-order valence-electron chi connectivity index (χ3n) is 24.0. The van der Waals surface area contributed by atoms with Crippen molar-refractivity contribution < 1.29 is 102 Å². The molecule has 9 rings (SSSR count). The van der Waals surface area contributed by atoms with Gasteiger partial charge in [0.1, 0.15) is 90.3 Å². The maximum Gasteiger partial charge on any atom is 0.248 e. The first-order chi connectivity index (χ1) is 64.8. The van der Waals surface area contributed by atoms with Crippen LogP contribution in [0.25, 0.3) is 21.8 Å². The van der Waals surface area contributed by atoms with Gasteiger partial charge in [-0.2, -0.15) is 0 Å². The maximum atomic E-state index is 15.7. The third-order valence-corrected chi connectivity index (χ3v) is 25.0. The molecule has 0 radical (unpaired) electrons. The number of aromatic nitrogens is 4. The molecule has 46 heteroatoms. The number of para-hydroxylation sites is 2. The van der Waals surface area contributed by atoms with Crippen LogP contribution in [0.15, 0.2) is 97.7 Å². The van der Waals surface area contributed by atoms with Crippen LogP contribution in [-0.4, -0.2) is 335 Å². The fraction of sp³-hybridized carbons (Fsp3) is 0.522. The number of aromatic hydroxyl groups is 1. The van der Waals surface area contributed by atoms with Crippen molar-refractivity contribution in [3.05, 3.63) is 120 Å². The highest BCUT2D eigenvalue weighted by Gasteiger charge is 2.47. The van der Waals surface area contributed by atoms with Gasteiger partial charge in [-0.05, 0) is 99.2 Å². The highest BCUT2D eigenvalue weighted by molar-refractivity contribution is 8.00. The van der Waals surface area contributed by atoms with Crippen molar-refractivity contribution in [2.24, 2.45) is 23.1 Å². The summed E-state index contributed by atoms with van der Waals surface area (Å²) in [4.78, 5) is 269. The number of nitrogens with two attached hydrogens (primary N) is 3. The van der Waals surface area contributed by atoms with Crippen molar-refractivity contribution in [1.82, 2.24) is 103 Å². The summed E-state index contributed by atoms with van der Waals surface area (Å²) in [6.07, 6.45) is 2.57. The number of guanidine groups is 1. The zero-order valence-corrected chi connectivity index (χ0v) is 78.1. The average molecular weight is 1910 g/mol. The Kier molecular flexibility index (Phi) is 39.4. The van der Waals surface area contributed by atoms with Crippen molar-refractivity contribution in [2.75, 3.05) is 78.6 Å². The lowest BCUT2D eigenvalue weighted by Gasteiger charge is -2.36. The largest absolute Gasteiger partial charge is 0.508 e. The summed E-state index contributed by atoms with van der Waals surface area (Å²) >= 11 is 0.750. The molecule has 136 heavy (non-hydrogen) atoms. The van der Waals surface area contributed by atoms with Crippen LogP contribution >= 0.6 is 11.8 Å². The van der Waals surface area contributed by atoms with Gasteiger partial charge in [0.25, 0.3) is 0 Å². The lowest BCUT2D eigenvalue weighted by Crippen LogP contribution is -2.62. The second kappa shape index (κ2) is 50.5. The quantitative estimate of drug-likeness (QED) is 0.0139. The van der Waals surface area contributed by atoms with Gasteiger partial charge in [-0.25, -0.2) is 4.98 Å². The van der Waals surface area contributed by atoms with Crippen LogP contribution in [0.1, 0.15) is 121 Å². The van der Waals surface area contributed by atoms with Crippen molar-refractivity contribution in [3.63, 3.8) is 0 Å². The summed E-state index contributed by atoms with van der Waals surface area (Å²) in [5.74, 6) is -18.5. The fourth-order valence-electron chi connectivity index (χ4n) is 16.5. The zero-order valence-electron chi connectivity index (χ0n) is 77.3. The summed E-state index contributed by atoms with van der Waals surface area (Å²) in [5, 5.41) is 70.9. The van der Waals surface area contributed by atoms with E-state index in [1.165, 1.54) is 64.9 Å². The molecule has 3 aliphatic rings. The van der Waals surface area contributed by atoms with Gasteiger partial charge in [-0.15, -0.1) is 11.8 Å². The van der Waals surface area contributed by atoms with E-state index in [-0.39, 0.29) is 102 Å². The Morgan fingerprint density at radius 2 is 1.14 bits per heavy atom. The number of carbonyl (C=O) groups is 17. The molecule has 3 aliphatic heterocycles. The molecular formula is C90H126N24O21S. The number of phenols is 1. The van der Waals surface area contributed by atoms with Crippen LogP contribution < -0.4 is 75.7 Å². The summed E-state index contributed by atoms with van der Waals surface area (Å²) in [5.41, 5.74) is 19.7. The second-order valence-corrected chi connectivity index (χ2v) is 35.5. The number of primary amides is 2. The van der Waals surface area contributed by atoms with Gasteiger partial charge in [0, 0.05) is 131 Å². The summed E-state index contributed by atoms with van der Waals surface area (Å²) < 4.78 is 5.90. The molecule has 738 valence electrons. The number of thioether (sulfide) groups is 1. The molecule has 0 bridgehead atoms. The van der Waals surface area contributed by atoms with Crippen molar-refractivity contribution in [1.29, 1.82) is 5.41 Å². The number of rotatable bonds is 26. The van der Waals surface area contributed by atoms with Gasteiger partial charge in [-0.1, -0.05) is 82.1 Å². The van der Waals surface area contributed by atoms with E-state index in [0.29, 0.717) is 50.6 Å². The Morgan fingerprint density at radius 1 is 0.581 bits per heavy atom. The number of ether oxygens (including phenoxy) is 1. The Hall–Kier alpha value is -13.8. The van der Waals surface area contributed by atoms with Gasteiger partial charge in [-0.3, -0.25) is 86.9 Å². The number of unbranched alkanes of at least 4 members (excludes halogenated alkanes) is 1. The number of hydrogen-bond donors (Lipinski definition) is 21. The second-order valence-electron chi connectivity index (χ2n) is 34.5. The molecule has 0 aliphatic carbocycles. The van der Waals surface area contributed by atoms with Gasteiger partial charge in [0.15, 0.2) is 5.96 Å². The van der Waals surface area contributed by atoms with Crippen LogP contribution in [0.5, 0.6) is 5.75 Å². The van der Waals surface area contributed by atoms with Gasteiger partial charge < -0.3 is 135 Å². The molecule has 3 aromatic heterocycles. The topological polar surface area (TPSA) is 671 Å². The summed E-state index contributed by atoms with van der Waals surface area (Å²) in [6.45, 7) is 5.17. The number of nitrogens with one attached hydrogen (secondary N) is 15. The lowest BCUT2D eigenvalue weighted by molar-refractivity contribution is -0.151. The third kappa shape index (κ3) is 29.4. The number of aliphatic hydroxyl groups is 2. The molecule has 1 unspecified atom stereocenters. The fourth-order valence-corrected chi connectivity index (χ4v) is 17.3. The first-order valence-electron chi connectivity index (χ1n) is 45.1. The Balaban J connectivity index is 1.10. The highest BCUT2D eigenvalue weighted by Crippen LogP contribution is 2.28. The first kappa shape index (κ1) is 106. The molecule has 6 aromatic rings. The van der Waals surface area contributed by atoms with Crippen LogP contribution in [0.4, 0.5) is 0 Å². The van der Waals surface area contributed by atoms with E-state index in [2.05, 4.69) is 78.4 Å². The predicted octanol–water partition coefficient (Wildman–Crippen LogP) is -4.08. The van der Waals surface area contributed by atoms with E-state index >= 15 is 38.4 Å². The molecular weight excluding hydrogens is 1790 g/mol. The monoisotopic (exact) mass is 1910 g/mol. The van der Waals surface area contributed by atoms with Crippen molar-refractivity contribution in [2.45, 2.75) is 215 Å². The van der Waals surface area contributed by atoms with Gasteiger partial charge in [0.05, 0.1) is 44.4 Å². The van der Waals surface area contributed by atoms with E-state index in [9.17, 15) is 58.5 Å². The van der Waals surface area contributed by atoms with Crippen LogP contribution in [-0.2, 0) is 112 Å². The highest BCUT2D eigenvalue weighted by atomic mass is 32.2. The first-order valence-corrected chi connectivity index (χ1v) is 46.3. The normalized spacial score (nSPS) is 24.7. The molecule has 0 spiro atoms. The number of fused-ring (bicyclic) bond motifs is 4. The predicted molar refractivity (Wildman–Crippen MR) is 497 cm³/mol. The Labute approximate surface area is 788 Å². The number of phenolic OH excluding ortho intramolecular Hbond substituents is 1. The molecule has 3 saturated heterocycles. The van der Waals surface area contributed by atoms with E-state index in [4.69, 9.17) is 27.3 Å². The number of aromatic amines is 3. The Morgan fingerprint density at radius 3 is 1.74 bits per heavy atom. The maximum absolute atomic E-state index is 15.7. The van der Waals surface area contributed by atoms with Crippen LogP contribution in [0.3, 0.4) is 0 Å². The standard InChI is InChI=1S/C90H126N24O21S/c1-9-11-23-69-82(127)102-60(22-16-29-96-90(93)94)78(123)109-68(77(122)99-41-74(92)119)45-136-46-75(120)101-64(32-50-25-27-54(116)28-26-50)85(130)110(6)49(5)76(121)105-66(37-73(91)118)87(132)113-30-17-24-70(113)83(128)104-62(35-53-40-95-47-100-53)80(125)106-63(31-48(3)4)88(133)114-42-55(117)36-71(114)84(129)103-61(33-51-38-97-58-20-14-12-18-56(51)58)79(124)108-67(43-115)81(126)107-65(34-52-39-98-59-21-15-13-19-57(52)59)86(131)112(8)72(44-135-10-2)89(134)111(69)7/h12-15,18-21,25-28,38-40,47-49,55,60-72,97-98,115-117H,9-11,16-17,22-24,29-37,41-46H2,1-8H3,(H2,91,118)(H2,92,119)(H,95,100)(H,99,122)(H,101,120)(H,102,127)(H,103,129)(H,104,128)(H,105,121)(H,106,125)(H,107,126)(H,108,124)(H,109,123)(H4,93,94,96)/t49-,55+,60-,61-,62-,63-,64-,65-,66-,67-,68?,69-,70-,71-,72-/m0/s1. The molecule has 3 fully saturated rings. The number of nitrogens with zero attached hydrogens (tertiary/aromatic N) is 6. The molecule has 15 atom stereocenters. The smallest absolute Gasteiger partial charge is 0.248 e. The molecule has 45 nitrogen and oxygen atoms in total. The number of carbonyl (C=O) groups excluding carboxylic acids is 17. The summed E-state index contributed by atoms with van der Waals surface area (Å²) in [6, 6.07) is -2.85. The average Bonchev–Trinajstić information content (AvgIpc) is 1.38. The van der Waals surface area contributed by atoms with Crippen LogP contribution in [0, 0.1) is 11.3 Å². The molecule has 3 aromatic carbocycles. The molecule has 17 amide bonds. The Bertz CT molecular complexity index is 5250. The molecule has 6 heterocycles. The van der Waals surface area contributed by atoms with Crippen LogP contribution in [0.2, 0.25) is 0 Å². The lowest BCUT2D eigenvalue weighted by atomic mass is 10.0. The zero-order chi connectivity index (χ0) is 99.3. The number of H-pyrrole nitrogens is 3.